The number of carbonyl (C=O) groups is 1. The lowest BCUT2D eigenvalue weighted by molar-refractivity contribution is 0.0907. The zero-order valence-corrected chi connectivity index (χ0v) is 10.2. The standard InChI is InChI=1S/C12H13F3N2O2/c1-12(2-3-16-5-12)17-11(19)6-4-7(13)9(15)10(18)8(6)14/h4,16,18H,2-3,5H2,1H3,(H,17,19). The second-order valence-corrected chi connectivity index (χ2v) is 4.82. The number of halogens is 3. The van der Waals surface area contributed by atoms with Gasteiger partial charge >= 0.3 is 0 Å². The molecule has 19 heavy (non-hydrogen) atoms. The van der Waals surface area contributed by atoms with Crippen LogP contribution in [-0.4, -0.2) is 29.6 Å². The van der Waals surface area contributed by atoms with E-state index in [1.807, 2.05) is 0 Å². The summed E-state index contributed by atoms with van der Waals surface area (Å²) in [5.41, 5.74) is -1.30. The molecule has 1 aromatic carbocycles. The largest absolute Gasteiger partial charge is 0.503 e. The van der Waals surface area contributed by atoms with Crippen LogP contribution in [0.25, 0.3) is 0 Å². The maximum atomic E-state index is 13.6. The Morgan fingerprint density at radius 1 is 1.42 bits per heavy atom. The van der Waals surface area contributed by atoms with E-state index in [2.05, 4.69) is 10.6 Å². The summed E-state index contributed by atoms with van der Waals surface area (Å²) in [7, 11) is 0. The molecule has 1 amide bonds. The summed E-state index contributed by atoms with van der Waals surface area (Å²) >= 11 is 0. The van der Waals surface area contributed by atoms with E-state index in [1.54, 1.807) is 6.92 Å². The van der Waals surface area contributed by atoms with Gasteiger partial charge in [-0.15, -0.1) is 0 Å². The van der Waals surface area contributed by atoms with Gasteiger partial charge in [0.2, 0.25) is 5.82 Å². The third-order valence-corrected chi connectivity index (χ3v) is 3.16. The highest BCUT2D eigenvalue weighted by atomic mass is 19.2. The summed E-state index contributed by atoms with van der Waals surface area (Å²) in [5, 5.41) is 14.6. The Bertz CT molecular complexity index is 528. The van der Waals surface area contributed by atoms with Crippen molar-refractivity contribution >= 4 is 5.91 Å². The number of carbonyl (C=O) groups excluding carboxylic acids is 1. The number of rotatable bonds is 2. The van der Waals surface area contributed by atoms with Crippen molar-refractivity contribution in [3.05, 3.63) is 29.1 Å². The Morgan fingerprint density at radius 2 is 2.11 bits per heavy atom. The van der Waals surface area contributed by atoms with Crippen LogP contribution in [0.2, 0.25) is 0 Å². The molecule has 2 rings (SSSR count). The van der Waals surface area contributed by atoms with Crippen LogP contribution >= 0.6 is 0 Å². The van der Waals surface area contributed by atoms with Gasteiger partial charge in [-0.1, -0.05) is 0 Å². The summed E-state index contributed by atoms with van der Waals surface area (Å²) < 4.78 is 39.6. The molecule has 1 saturated heterocycles. The Hall–Kier alpha value is -1.76. The molecule has 0 spiro atoms. The molecule has 1 unspecified atom stereocenters. The quantitative estimate of drug-likeness (QED) is 0.712. The fraction of sp³-hybridized carbons (Fsp3) is 0.417. The molecule has 0 aliphatic carbocycles. The normalized spacial score (nSPS) is 22.5. The van der Waals surface area contributed by atoms with Gasteiger partial charge in [-0.05, 0) is 26.0 Å². The molecule has 3 N–H and O–H groups in total. The van der Waals surface area contributed by atoms with Crippen molar-refractivity contribution in [1.82, 2.24) is 10.6 Å². The first-order chi connectivity index (χ1) is 8.84. The number of benzene rings is 1. The molecule has 1 aromatic rings. The lowest BCUT2D eigenvalue weighted by Gasteiger charge is -2.24. The average Bonchev–Trinajstić information content (AvgIpc) is 2.77. The zero-order chi connectivity index (χ0) is 14.2. The van der Waals surface area contributed by atoms with Crippen molar-refractivity contribution in [1.29, 1.82) is 0 Å². The first-order valence-corrected chi connectivity index (χ1v) is 5.74. The Labute approximate surface area is 107 Å². The first kappa shape index (κ1) is 13.7. The summed E-state index contributed by atoms with van der Waals surface area (Å²) in [5.74, 6) is -7.02. The van der Waals surface area contributed by atoms with E-state index < -0.39 is 40.2 Å². The molecule has 1 aliphatic rings. The molecule has 1 atom stereocenters. The Morgan fingerprint density at radius 3 is 2.68 bits per heavy atom. The van der Waals surface area contributed by atoms with Crippen molar-refractivity contribution in [2.24, 2.45) is 0 Å². The van der Waals surface area contributed by atoms with Gasteiger partial charge < -0.3 is 15.7 Å². The average molecular weight is 274 g/mol. The van der Waals surface area contributed by atoms with E-state index in [0.717, 1.165) is 0 Å². The lowest BCUT2D eigenvalue weighted by atomic mass is 10.0. The zero-order valence-electron chi connectivity index (χ0n) is 10.2. The van der Waals surface area contributed by atoms with Gasteiger partial charge in [-0.3, -0.25) is 4.79 Å². The summed E-state index contributed by atoms with van der Waals surface area (Å²) in [6.07, 6.45) is 0.635. The minimum Gasteiger partial charge on any atom is -0.503 e. The number of nitrogens with one attached hydrogen (secondary N) is 2. The predicted octanol–water partition coefficient (Wildman–Crippen LogP) is 1.29. The van der Waals surface area contributed by atoms with E-state index in [1.165, 1.54) is 0 Å². The van der Waals surface area contributed by atoms with Gasteiger partial charge in [0.15, 0.2) is 17.4 Å². The highest BCUT2D eigenvalue weighted by Crippen LogP contribution is 2.26. The maximum Gasteiger partial charge on any atom is 0.254 e. The minimum absolute atomic E-state index is 0.436. The van der Waals surface area contributed by atoms with Gasteiger partial charge in [0.1, 0.15) is 0 Å². The number of phenolic OH excluding ortho intramolecular Hbond substituents is 1. The first-order valence-electron chi connectivity index (χ1n) is 5.74. The van der Waals surface area contributed by atoms with Crippen LogP contribution < -0.4 is 10.6 Å². The number of aromatic hydroxyl groups is 1. The van der Waals surface area contributed by atoms with E-state index in [9.17, 15) is 18.0 Å². The van der Waals surface area contributed by atoms with E-state index in [-0.39, 0.29) is 0 Å². The van der Waals surface area contributed by atoms with E-state index in [4.69, 9.17) is 5.11 Å². The van der Waals surface area contributed by atoms with Crippen molar-refractivity contribution < 1.29 is 23.1 Å². The third kappa shape index (κ3) is 2.51. The molecule has 104 valence electrons. The summed E-state index contributed by atoms with van der Waals surface area (Å²) in [4.78, 5) is 11.9. The molecule has 1 heterocycles. The van der Waals surface area contributed by atoms with Crippen LogP contribution in [0, 0.1) is 17.5 Å². The summed E-state index contributed by atoms with van der Waals surface area (Å²) in [6, 6.07) is 0.436. The maximum absolute atomic E-state index is 13.6. The number of hydrogen-bond donors (Lipinski definition) is 3. The van der Waals surface area contributed by atoms with Crippen molar-refractivity contribution in [3.63, 3.8) is 0 Å². The molecule has 0 radical (unpaired) electrons. The molecule has 4 nitrogen and oxygen atoms in total. The fourth-order valence-electron chi connectivity index (χ4n) is 2.02. The highest BCUT2D eigenvalue weighted by Gasteiger charge is 2.32. The van der Waals surface area contributed by atoms with Crippen LogP contribution in [0.3, 0.4) is 0 Å². The Balaban J connectivity index is 2.29. The van der Waals surface area contributed by atoms with Crippen LogP contribution in [0.5, 0.6) is 5.75 Å². The minimum atomic E-state index is -1.71. The molecule has 0 saturated carbocycles. The number of amides is 1. The molecule has 0 bridgehead atoms. The number of hydrogen-bond acceptors (Lipinski definition) is 3. The van der Waals surface area contributed by atoms with Gasteiger partial charge in [0.05, 0.1) is 11.1 Å². The predicted molar refractivity (Wildman–Crippen MR) is 61.3 cm³/mol. The third-order valence-electron chi connectivity index (χ3n) is 3.16. The molecular weight excluding hydrogens is 261 g/mol. The highest BCUT2D eigenvalue weighted by molar-refractivity contribution is 5.95. The van der Waals surface area contributed by atoms with Crippen LogP contribution in [0.1, 0.15) is 23.7 Å². The van der Waals surface area contributed by atoms with Gasteiger partial charge in [-0.2, -0.15) is 4.39 Å². The summed E-state index contributed by atoms with van der Waals surface area (Å²) in [6.45, 7) is 2.95. The van der Waals surface area contributed by atoms with Gasteiger partial charge in [0.25, 0.3) is 5.91 Å². The molecule has 1 aliphatic heterocycles. The van der Waals surface area contributed by atoms with Crippen LogP contribution in [0.4, 0.5) is 13.2 Å². The van der Waals surface area contributed by atoms with E-state index in [0.29, 0.717) is 25.6 Å². The van der Waals surface area contributed by atoms with Crippen molar-refractivity contribution in [3.8, 4) is 5.75 Å². The van der Waals surface area contributed by atoms with Gasteiger partial charge in [-0.25, -0.2) is 8.78 Å². The van der Waals surface area contributed by atoms with Crippen molar-refractivity contribution in [2.75, 3.05) is 13.1 Å². The monoisotopic (exact) mass is 274 g/mol. The van der Waals surface area contributed by atoms with Crippen LogP contribution in [-0.2, 0) is 0 Å². The molecule has 7 heteroatoms. The SMILES string of the molecule is CC1(NC(=O)c2cc(F)c(F)c(O)c2F)CCNC1. The molecule has 1 fully saturated rings. The van der Waals surface area contributed by atoms with Crippen LogP contribution in [0.15, 0.2) is 6.07 Å². The second-order valence-electron chi connectivity index (χ2n) is 4.82. The van der Waals surface area contributed by atoms with Gasteiger partial charge in [0, 0.05) is 6.54 Å². The number of phenols is 1. The second kappa shape index (κ2) is 4.73. The molecule has 0 aromatic heterocycles. The molecular formula is C12H13F3N2O2. The Kier molecular flexibility index (Phi) is 3.40. The van der Waals surface area contributed by atoms with Crippen molar-refractivity contribution in [2.45, 2.75) is 18.9 Å². The fourth-order valence-corrected chi connectivity index (χ4v) is 2.02. The smallest absolute Gasteiger partial charge is 0.254 e. The van der Waals surface area contributed by atoms with E-state index >= 15 is 0 Å². The lowest BCUT2D eigenvalue weighted by Crippen LogP contribution is -2.47. The topological polar surface area (TPSA) is 61.4 Å².